The summed E-state index contributed by atoms with van der Waals surface area (Å²) in [5.41, 5.74) is 0.842. The maximum atomic E-state index is 6.15. The van der Waals surface area contributed by atoms with E-state index in [-0.39, 0.29) is 18.3 Å². The molecule has 0 radical (unpaired) electrons. The second-order valence-corrected chi connectivity index (χ2v) is 6.68. The Morgan fingerprint density at radius 1 is 0.895 bits per heavy atom. The minimum Gasteiger partial charge on any atom is -0.403 e. The van der Waals surface area contributed by atoms with Gasteiger partial charge in [-0.3, -0.25) is 0 Å². The largest absolute Gasteiger partial charge is 0.461 e. The van der Waals surface area contributed by atoms with Gasteiger partial charge in [-0.05, 0) is 45.0 Å². The molecular weight excluding hydrogens is 235 g/mol. The van der Waals surface area contributed by atoms with Gasteiger partial charge in [-0.15, -0.1) is 0 Å². The van der Waals surface area contributed by atoms with Crippen molar-refractivity contribution in [1.29, 1.82) is 0 Å². The molecule has 0 aromatic heterocycles. The van der Waals surface area contributed by atoms with E-state index < -0.39 is 0 Å². The van der Waals surface area contributed by atoms with E-state index in [0.29, 0.717) is 11.7 Å². The van der Waals surface area contributed by atoms with Gasteiger partial charge in [0.25, 0.3) is 0 Å². The van der Waals surface area contributed by atoms with Crippen LogP contribution in [0.2, 0.25) is 5.82 Å². The van der Waals surface area contributed by atoms with Crippen LogP contribution in [0.5, 0.6) is 0 Å². The molecule has 1 aromatic carbocycles. The highest BCUT2D eigenvalue weighted by Crippen LogP contribution is 2.43. The molecule has 0 N–H and O–H groups in total. The van der Waals surface area contributed by atoms with Gasteiger partial charge in [0.15, 0.2) is 0 Å². The molecule has 1 aliphatic heterocycles. The average molecular weight is 260 g/mol. The summed E-state index contributed by atoms with van der Waals surface area (Å²) < 4.78 is 12.3. The summed E-state index contributed by atoms with van der Waals surface area (Å²) in [6, 6.07) is 10.6. The van der Waals surface area contributed by atoms with E-state index in [2.05, 4.69) is 71.9 Å². The normalized spacial score (nSPS) is 24.2. The van der Waals surface area contributed by atoms with Crippen LogP contribution >= 0.6 is 0 Å². The van der Waals surface area contributed by atoms with Gasteiger partial charge in [-0.25, -0.2) is 0 Å². The molecule has 2 rings (SSSR count). The van der Waals surface area contributed by atoms with Gasteiger partial charge in [0.1, 0.15) is 0 Å². The molecule has 2 nitrogen and oxygen atoms in total. The summed E-state index contributed by atoms with van der Waals surface area (Å²) in [7, 11) is -0.139. The van der Waals surface area contributed by atoms with Crippen LogP contribution < -0.4 is 0 Å². The third-order valence-electron chi connectivity index (χ3n) is 4.81. The van der Waals surface area contributed by atoms with Crippen molar-refractivity contribution in [2.24, 2.45) is 0 Å². The summed E-state index contributed by atoms with van der Waals surface area (Å²) in [6.45, 7) is 12.9. The van der Waals surface area contributed by atoms with Crippen LogP contribution in [0, 0.1) is 0 Å². The molecule has 1 fully saturated rings. The SMILES string of the molecule is C[C@H](c1ccccc1)[C@@H](C)B1OC(C)(C)C(C)(C)O1. The molecule has 1 aromatic rings. The maximum Gasteiger partial charge on any atom is 0.461 e. The van der Waals surface area contributed by atoms with Crippen LogP contribution in [0.15, 0.2) is 30.3 Å². The summed E-state index contributed by atoms with van der Waals surface area (Å²) in [5, 5.41) is 0. The lowest BCUT2D eigenvalue weighted by atomic mass is 9.65. The number of rotatable bonds is 3. The molecule has 1 heterocycles. The second kappa shape index (κ2) is 4.95. The van der Waals surface area contributed by atoms with Crippen molar-refractivity contribution in [1.82, 2.24) is 0 Å². The number of benzene rings is 1. The third-order valence-corrected chi connectivity index (χ3v) is 4.81. The van der Waals surface area contributed by atoms with Crippen molar-refractivity contribution in [3.63, 3.8) is 0 Å². The summed E-state index contributed by atoms with van der Waals surface area (Å²) in [6.07, 6.45) is 0. The fraction of sp³-hybridized carbons (Fsp3) is 0.625. The van der Waals surface area contributed by atoms with E-state index in [1.54, 1.807) is 0 Å². The van der Waals surface area contributed by atoms with E-state index in [1.807, 2.05) is 0 Å². The molecule has 0 bridgehead atoms. The lowest BCUT2D eigenvalue weighted by Gasteiger charge is -2.32. The molecule has 104 valence electrons. The standard InChI is InChI=1S/C16H25BO2/c1-12(14-10-8-7-9-11-14)13(2)17-18-15(3,4)16(5,6)19-17/h7-13H,1-6H3/t12-,13+/m0/s1. The molecule has 1 aliphatic rings. The Kier molecular flexibility index (Phi) is 3.81. The van der Waals surface area contributed by atoms with Gasteiger partial charge in [0.05, 0.1) is 11.2 Å². The predicted molar refractivity (Wildman–Crippen MR) is 80.4 cm³/mol. The highest BCUT2D eigenvalue weighted by atomic mass is 16.7. The van der Waals surface area contributed by atoms with E-state index in [9.17, 15) is 0 Å². The topological polar surface area (TPSA) is 18.5 Å². The lowest BCUT2D eigenvalue weighted by molar-refractivity contribution is 0.00578. The zero-order chi connectivity index (χ0) is 14.3. The average Bonchev–Trinajstić information content (AvgIpc) is 2.58. The van der Waals surface area contributed by atoms with Crippen LogP contribution in [0.25, 0.3) is 0 Å². The lowest BCUT2D eigenvalue weighted by Crippen LogP contribution is -2.41. The Bertz CT molecular complexity index is 412. The first kappa shape index (κ1) is 14.6. The van der Waals surface area contributed by atoms with Crippen molar-refractivity contribution in [2.45, 2.75) is 64.5 Å². The smallest absolute Gasteiger partial charge is 0.403 e. The molecule has 0 unspecified atom stereocenters. The molecule has 1 saturated heterocycles. The molecule has 2 atom stereocenters. The van der Waals surface area contributed by atoms with Gasteiger partial charge in [-0.2, -0.15) is 0 Å². The van der Waals surface area contributed by atoms with Crippen molar-refractivity contribution in [3.8, 4) is 0 Å². The van der Waals surface area contributed by atoms with E-state index in [0.717, 1.165) is 0 Å². The molecule has 3 heteroatoms. The minimum absolute atomic E-state index is 0.139. The van der Waals surface area contributed by atoms with E-state index in [1.165, 1.54) is 5.56 Å². The summed E-state index contributed by atoms with van der Waals surface area (Å²) in [5.74, 6) is 0.736. The Labute approximate surface area is 117 Å². The first-order chi connectivity index (χ1) is 8.74. The van der Waals surface area contributed by atoms with Crippen molar-refractivity contribution < 1.29 is 9.31 Å². The van der Waals surface area contributed by atoms with Crippen LogP contribution in [0.3, 0.4) is 0 Å². The maximum absolute atomic E-state index is 6.15. The van der Waals surface area contributed by atoms with Gasteiger partial charge >= 0.3 is 7.12 Å². The quantitative estimate of drug-likeness (QED) is 0.755. The Balaban J connectivity index is 2.12. The third kappa shape index (κ3) is 2.73. The van der Waals surface area contributed by atoms with Crippen molar-refractivity contribution >= 4 is 7.12 Å². The van der Waals surface area contributed by atoms with Crippen LogP contribution in [-0.4, -0.2) is 18.3 Å². The van der Waals surface area contributed by atoms with Gasteiger partial charge < -0.3 is 9.31 Å². The number of hydrogen-bond acceptors (Lipinski definition) is 2. The van der Waals surface area contributed by atoms with Crippen LogP contribution in [0.4, 0.5) is 0 Å². The van der Waals surface area contributed by atoms with Gasteiger partial charge in [0.2, 0.25) is 0 Å². The fourth-order valence-corrected chi connectivity index (χ4v) is 2.40. The minimum atomic E-state index is -0.248. The van der Waals surface area contributed by atoms with Gasteiger partial charge in [0, 0.05) is 0 Å². The predicted octanol–water partition coefficient (Wildman–Crippen LogP) is 4.27. The monoisotopic (exact) mass is 260 g/mol. The Morgan fingerprint density at radius 3 is 1.84 bits per heavy atom. The first-order valence-electron chi connectivity index (χ1n) is 7.15. The molecule has 0 amide bonds. The van der Waals surface area contributed by atoms with Crippen LogP contribution in [-0.2, 0) is 9.31 Å². The van der Waals surface area contributed by atoms with Crippen molar-refractivity contribution in [2.75, 3.05) is 0 Å². The molecule has 0 spiro atoms. The molecular formula is C16H25BO2. The fourth-order valence-electron chi connectivity index (χ4n) is 2.40. The number of hydrogen-bond donors (Lipinski definition) is 0. The molecule has 19 heavy (non-hydrogen) atoms. The van der Waals surface area contributed by atoms with E-state index in [4.69, 9.17) is 9.31 Å². The van der Waals surface area contributed by atoms with E-state index >= 15 is 0 Å². The summed E-state index contributed by atoms with van der Waals surface area (Å²) >= 11 is 0. The second-order valence-electron chi connectivity index (χ2n) is 6.68. The molecule has 0 saturated carbocycles. The Hall–Kier alpha value is -0.795. The summed E-state index contributed by atoms with van der Waals surface area (Å²) in [4.78, 5) is 0. The highest BCUT2D eigenvalue weighted by Gasteiger charge is 2.53. The first-order valence-corrected chi connectivity index (χ1v) is 7.15. The van der Waals surface area contributed by atoms with Crippen molar-refractivity contribution in [3.05, 3.63) is 35.9 Å². The Morgan fingerprint density at radius 2 is 1.37 bits per heavy atom. The van der Waals surface area contributed by atoms with Gasteiger partial charge in [-0.1, -0.05) is 44.2 Å². The molecule has 0 aliphatic carbocycles. The highest BCUT2D eigenvalue weighted by molar-refractivity contribution is 6.47. The zero-order valence-corrected chi connectivity index (χ0v) is 12.9. The zero-order valence-electron chi connectivity index (χ0n) is 12.9. The van der Waals surface area contributed by atoms with Crippen LogP contribution in [0.1, 0.15) is 53.0 Å².